The minimum Gasteiger partial charge on any atom is -0.490 e. The van der Waals surface area contributed by atoms with Gasteiger partial charge in [0, 0.05) is 4.47 Å². The number of nitriles is 1. The number of nitrogens with zero attached hydrogens (tertiary/aromatic N) is 1. The van der Waals surface area contributed by atoms with Gasteiger partial charge in [0.15, 0.2) is 11.6 Å². The highest BCUT2D eigenvalue weighted by Crippen LogP contribution is 2.21. The molecule has 0 aliphatic heterocycles. The maximum Gasteiger partial charge on any atom is 0.166 e. The van der Waals surface area contributed by atoms with Gasteiger partial charge in [-0.05, 0) is 42.5 Å². The fourth-order valence-corrected chi connectivity index (χ4v) is 1.86. The maximum atomic E-state index is 13.5. The van der Waals surface area contributed by atoms with Gasteiger partial charge in [-0.15, -0.1) is 0 Å². The van der Waals surface area contributed by atoms with Crippen LogP contribution in [0.4, 0.5) is 4.39 Å². The molecule has 0 spiro atoms. The Balaban J connectivity index is 1.80. The molecule has 3 nitrogen and oxygen atoms in total. The summed E-state index contributed by atoms with van der Waals surface area (Å²) in [6.07, 6.45) is 0. The van der Waals surface area contributed by atoms with Crippen LogP contribution in [0.1, 0.15) is 5.56 Å². The van der Waals surface area contributed by atoms with Crippen molar-refractivity contribution in [3.63, 3.8) is 0 Å². The van der Waals surface area contributed by atoms with Crippen LogP contribution in [0.2, 0.25) is 0 Å². The lowest BCUT2D eigenvalue weighted by atomic mass is 10.2. The first-order valence-electron chi connectivity index (χ1n) is 5.90. The van der Waals surface area contributed by atoms with Crippen LogP contribution in [0.15, 0.2) is 46.9 Å². The molecule has 2 aromatic carbocycles. The van der Waals surface area contributed by atoms with Gasteiger partial charge in [0.25, 0.3) is 0 Å². The van der Waals surface area contributed by atoms with Crippen molar-refractivity contribution in [3.05, 3.63) is 58.3 Å². The van der Waals surface area contributed by atoms with E-state index in [1.165, 1.54) is 6.07 Å². The Morgan fingerprint density at radius 2 is 1.75 bits per heavy atom. The first kappa shape index (κ1) is 14.4. The zero-order valence-electron chi connectivity index (χ0n) is 10.5. The molecule has 5 heteroatoms. The number of rotatable bonds is 5. The second-order valence-electron chi connectivity index (χ2n) is 3.91. The van der Waals surface area contributed by atoms with Crippen LogP contribution in [-0.4, -0.2) is 13.2 Å². The van der Waals surface area contributed by atoms with E-state index in [0.29, 0.717) is 22.4 Å². The molecule has 2 aromatic rings. The first-order valence-corrected chi connectivity index (χ1v) is 6.69. The van der Waals surface area contributed by atoms with E-state index in [1.54, 1.807) is 36.4 Å². The fourth-order valence-electron chi connectivity index (χ4n) is 1.53. The van der Waals surface area contributed by atoms with Gasteiger partial charge in [0.1, 0.15) is 19.0 Å². The lowest BCUT2D eigenvalue weighted by Gasteiger charge is -2.09. The second-order valence-corrected chi connectivity index (χ2v) is 4.82. The van der Waals surface area contributed by atoms with Gasteiger partial charge in [-0.25, -0.2) is 4.39 Å². The zero-order chi connectivity index (χ0) is 14.4. The van der Waals surface area contributed by atoms with Crippen LogP contribution in [0.25, 0.3) is 0 Å². The summed E-state index contributed by atoms with van der Waals surface area (Å²) >= 11 is 3.18. The third-order valence-electron chi connectivity index (χ3n) is 2.49. The quantitative estimate of drug-likeness (QED) is 0.778. The molecular formula is C15H11BrFNO2. The average molecular weight is 336 g/mol. The van der Waals surface area contributed by atoms with Gasteiger partial charge in [-0.3, -0.25) is 0 Å². The molecule has 0 aliphatic carbocycles. The molecule has 0 unspecified atom stereocenters. The van der Waals surface area contributed by atoms with Crippen molar-refractivity contribution in [1.82, 2.24) is 0 Å². The summed E-state index contributed by atoms with van der Waals surface area (Å²) in [7, 11) is 0. The summed E-state index contributed by atoms with van der Waals surface area (Å²) in [5.74, 6) is 0.415. The van der Waals surface area contributed by atoms with Crippen LogP contribution >= 0.6 is 15.9 Å². The van der Waals surface area contributed by atoms with Gasteiger partial charge in [-0.1, -0.05) is 15.9 Å². The molecule has 0 bridgehead atoms. The van der Waals surface area contributed by atoms with Crippen LogP contribution in [0.3, 0.4) is 0 Å². The van der Waals surface area contributed by atoms with Crippen LogP contribution < -0.4 is 9.47 Å². The summed E-state index contributed by atoms with van der Waals surface area (Å²) in [6, 6.07) is 13.4. The van der Waals surface area contributed by atoms with Crippen molar-refractivity contribution in [2.24, 2.45) is 0 Å². The molecule has 0 atom stereocenters. The highest BCUT2D eigenvalue weighted by Gasteiger charge is 2.03. The molecule has 0 aromatic heterocycles. The fraction of sp³-hybridized carbons (Fsp3) is 0.133. The molecule has 0 radical (unpaired) electrons. The third kappa shape index (κ3) is 3.97. The third-order valence-corrected chi connectivity index (χ3v) is 2.98. The van der Waals surface area contributed by atoms with Crippen molar-refractivity contribution in [1.29, 1.82) is 5.26 Å². The summed E-state index contributed by atoms with van der Waals surface area (Å²) in [6.45, 7) is 0.528. The largest absolute Gasteiger partial charge is 0.490 e. The molecule has 2 rings (SSSR count). The van der Waals surface area contributed by atoms with Crippen LogP contribution in [-0.2, 0) is 0 Å². The summed E-state index contributed by atoms with van der Waals surface area (Å²) in [5.41, 5.74) is 0.575. The molecule has 0 aliphatic rings. The number of halogens is 2. The lowest BCUT2D eigenvalue weighted by molar-refractivity contribution is 0.211. The van der Waals surface area contributed by atoms with E-state index in [4.69, 9.17) is 14.7 Å². The highest BCUT2D eigenvalue weighted by molar-refractivity contribution is 9.10. The average Bonchev–Trinajstić information content (AvgIpc) is 2.46. The summed E-state index contributed by atoms with van der Waals surface area (Å²) in [5, 5.41) is 8.66. The second kappa shape index (κ2) is 6.92. The summed E-state index contributed by atoms with van der Waals surface area (Å²) < 4.78 is 24.8. The van der Waals surface area contributed by atoms with E-state index in [-0.39, 0.29) is 12.4 Å². The Bertz CT molecular complexity index is 623. The molecule has 0 heterocycles. The Morgan fingerprint density at radius 1 is 1.05 bits per heavy atom. The van der Waals surface area contributed by atoms with Crippen molar-refractivity contribution < 1.29 is 13.9 Å². The number of ether oxygens (including phenoxy) is 2. The molecule has 0 fully saturated rings. The molecule has 0 saturated carbocycles. The van der Waals surface area contributed by atoms with Gasteiger partial charge in [0.2, 0.25) is 0 Å². The van der Waals surface area contributed by atoms with Crippen molar-refractivity contribution in [2.75, 3.05) is 13.2 Å². The molecule has 102 valence electrons. The highest BCUT2D eigenvalue weighted by atomic mass is 79.9. The van der Waals surface area contributed by atoms with E-state index >= 15 is 0 Å². The Labute approximate surface area is 124 Å². The molecule has 0 amide bonds. The Morgan fingerprint density at radius 3 is 2.40 bits per heavy atom. The predicted molar refractivity (Wildman–Crippen MR) is 76.2 cm³/mol. The Kier molecular flexibility index (Phi) is 4.97. The maximum absolute atomic E-state index is 13.5. The van der Waals surface area contributed by atoms with E-state index in [0.717, 1.165) is 0 Å². The molecule has 20 heavy (non-hydrogen) atoms. The van der Waals surface area contributed by atoms with Gasteiger partial charge < -0.3 is 9.47 Å². The van der Waals surface area contributed by atoms with E-state index in [1.807, 2.05) is 6.07 Å². The smallest absolute Gasteiger partial charge is 0.166 e. The lowest BCUT2D eigenvalue weighted by Crippen LogP contribution is -2.09. The molecule has 0 saturated heterocycles. The van der Waals surface area contributed by atoms with Gasteiger partial charge in [0.05, 0.1) is 11.6 Å². The zero-order valence-corrected chi connectivity index (χ0v) is 12.1. The van der Waals surface area contributed by atoms with Gasteiger partial charge in [-0.2, -0.15) is 5.26 Å². The van der Waals surface area contributed by atoms with Crippen molar-refractivity contribution >= 4 is 15.9 Å². The normalized spacial score (nSPS) is 9.85. The monoisotopic (exact) mass is 335 g/mol. The number of hydrogen-bond donors (Lipinski definition) is 0. The first-order chi connectivity index (χ1) is 9.69. The van der Waals surface area contributed by atoms with Crippen LogP contribution in [0.5, 0.6) is 11.5 Å². The standard InChI is InChI=1S/C15H11BrFNO2/c16-12-3-6-15(14(17)9-12)20-8-7-19-13-4-1-11(10-18)2-5-13/h1-6,9H,7-8H2. The molecular weight excluding hydrogens is 325 g/mol. The van der Waals surface area contributed by atoms with Crippen LogP contribution in [0, 0.1) is 17.1 Å². The van der Waals surface area contributed by atoms with Crippen molar-refractivity contribution in [3.8, 4) is 17.6 Å². The van der Waals surface area contributed by atoms with Crippen molar-refractivity contribution in [2.45, 2.75) is 0 Å². The topological polar surface area (TPSA) is 42.2 Å². The SMILES string of the molecule is N#Cc1ccc(OCCOc2ccc(Br)cc2F)cc1. The van der Waals surface area contributed by atoms with Gasteiger partial charge >= 0.3 is 0 Å². The summed E-state index contributed by atoms with van der Waals surface area (Å²) in [4.78, 5) is 0. The number of hydrogen-bond acceptors (Lipinski definition) is 3. The number of benzene rings is 2. The van der Waals surface area contributed by atoms with E-state index in [2.05, 4.69) is 15.9 Å². The Hall–Kier alpha value is -2.06. The van der Waals surface area contributed by atoms with E-state index < -0.39 is 5.82 Å². The van der Waals surface area contributed by atoms with E-state index in [9.17, 15) is 4.39 Å². The predicted octanol–water partition coefficient (Wildman–Crippen LogP) is 3.92. The molecule has 0 N–H and O–H groups in total. The minimum absolute atomic E-state index is 0.191. The minimum atomic E-state index is -0.419.